The van der Waals surface area contributed by atoms with E-state index < -0.39 is 0 Å². The first-order chi connectivity index (χ1) is 12.1. The van der Waals surface area contributed by atoms with Crippen molar-refractivity contribution in [3.63, 3.8) is 0 Å². The van der Waals surface area contributed by atoms with Crippen LogP contribution in [0, 0.1) is 0 Å². The summed E-state index contributed by atoms with van der Waals surface area (Å²) in [6.45, 7) is 3.21. The van der Waals surface area contributed by atoms with Crippen molar-refractivity contribution in [1.82, 2.24) is 14.8 Å². The monoisotopic (exact) mass is 362 g/mol. The van der Waals surface area contributed by atoms with Gasteiger partial charge in [-0.25, -0.2) is 0 Å². The number of benzene rings is 1. The van der Waals surface area contributed by atoms with Crippen LogP contribution in [-0.4, -0.2) is 45.7 Å². The molecule has 1 saturated heterocycles. The Hall–Kier alpha value is -2.06. The number of amides is 1. The van der Waals surface area contributed by atoms with Gasteiger partial charge in [-0.15, -0.1) is 10.2 Å². The molecule has 3 rings (SSSR count). The van der Waals surface area contributed by atoms with Crippen LogP contribution in [0.1, 0.15) is 19.8 Å². The number of primary amides is 1. The van der Waals surface area contributed by atoms with Crippen LogP contribution >= 0.6 is 11.8 Å². The Labute approximate surface area is 150 Å². The molecule has 0 spiro atoms. The summed E-state index contributed by atoms with van der Waals surface area (Å²) >= 11 is 1.32. The Bertz CT molecular complexity index is 726. The number of hydrogen-bond acceptors (Lipinski definition) is 6. The quantitative estimate of drug-likeness (QED) is 0.758. The molecule has 1 fully saturated rings. The zero-order valence-corrected chi connectivity index (χ0v) is 15.2. The molecule has 8 heteroatoms. The second-order valence-corrected chi connectivity index (χ2v) is 7.25. The average Bonchev–Trinajstić information content (AvgIpc) is 3.26. The third kappa shape index (κ3) is 4.13. The van der Waals surface area contributed by atoms with Crippen molar-refractivity contribution in [2.75, 3.05) is 13.7 Å². The van der Waals surface area contributed by atoms with Crippen LogP contribution < -0.4 is 10.5 Å². The third-order valence-corrected chi connectivity index (χ3v) is 5.26. The molecule has 2 N–H and O–H groups in total. The van der Waals surface area contributed by atoms with E-state index >= 15 is 0 Å². The summed E-state index contributed by atoms with van der Waals surface area (Å²) in [5.74, 6) is 1.16. The first-order valence-corrected chi connectivity index (χ1v) is 9.11. The summed E-state index contributed by atoms with van der Waals surface area (Å²) in [4.78, 5) is 11.4. The highest BCUT2D eigenvalue weighted by Crippen LogP contribution is 2.29. The van der Waals surface area contributed by atoms with Crippen molar-refractivity contribution in [2.45, 2.75) is 42.8 Å². The van der Waals surface area contributed by atoms with Crippen LogP contribution in [0.15, 0.2) is 29.4 Å². The van der Waals surface area contributed by atoms with Crippen LogP contribution in [0.5, 0.6) is 5.75 Å². The minimum Gasteiger partial charge on any atom is -0.497 e. The summed E-state index contributed by atoms with van der Waals surface area (Å²) in [6, 6.07) is 7.67. The average molecular weight is 362 g/mol. The first-order valence-electron chi connectivity index (χ1n) is 8.23. The topological polar surface area (TPSA) is 92.3 Å². The molecule has 0 radical (unpaired) electrons. The van der Waals surface area contributed by atoms with Crippen molar-refractivity contribution in [3.05, 3.63) is 24.3 Å². The van der Waals surface area contributed by atoms with Gasteiger partial charge < -0.3 is 15.2 Å². The number of ether oxygens (including phenoxy) is 2. The molecular weight excluding hydrogens is 340 g/mol. The SMILES string of the molecule is COc1ccc(-c2nnc(S[C@H](C)C(N)=O)n2C[C@@H]2CCCO2)cc1. The highest BCUT2D eigenvalue weighted by Gasteiger charge is 2.23. The van der Waals surface area contributed by atoms with Crippen LogP contribution in [-0.2, 0) is 16.1 Å². The van der Waals surface area contributed by atoms with Gasteiger partial charge in [0.25, 0.3) is 0 Å². The molecule has 2 heterocycles. The molecule has 134 valence electrons. The number of methoxy groups -OCH3 is 1. The summed E-state index contributed by atoms with van der Waals surface area (Å²) in [7, 11) is 1.63. The van der Waals surface area contributed by atoms with Crippen molar-refractivity contribution in [1.29, 1.82) is 0 Å². The van der Waals surface area contributed by atoms with E-state index in [1.54, 1.807) is 14.0 Å². The maximum Gasteiger partial charge on any atom is 0.230 e. The van der Waals surface area contributed by atoms with Crippen molar-refractivity contribution in [2.24, 2.45) is 5.73 Å². The highest BCUT2D eigenvalue weighted by atomic mass is 32.2. The Morgan fingerprint density at radius 2 is 2.20 bits per heavy atom. The van der Waals surface area contributed by atoms with Gasteiger partial charge in [-0.05, 0) is 44.0 Å². The summed E-state index contributed by atoms with van der Waals surface area (Å²) < 4.78 is 13.0. The minimum atomic E-state index is -0.379. The van der Waals surface area contributed by atoms with Crippen LogP contribution in [0.4, 0.5) is 0 Å². The van der Waals surface area contributed by atoms with Crippen LogP contribution in [0.2, 0.25) is 0 Å². The van der Waals surface area contributed by atoms with E-state index in [0.717, 1.165) is 36.6 Å². The molecule has 1 aliphatic rings. The molecule has 1 aliphatic heterocycles. The second-order valence-electron chi connectivity index (χ2n) is 5.94. The molecule has 0 unspecified atom stereocenters. The minimum absolute atomic E-state index is 0.135. The zero-order valence-electron chi connectivity index (χ0n) is 14.3. The lowest BCUT2D eigenvalue weighted by atomic mass is 10.2. The zero-order chi connectivity index (χ0) is 17.8. The smallest absolute Gasteiger partial charge is 0.230 e. The van der Waals surface area contributed by atoms with Crippen LogP contribution in [0.3, 0.4) is 0 Å². The van der Waals surface area contributed by atoms with Crippen molar-refractivity contribution >= 4 is 17.7 Å². The lowest BCUT2D eigenvalue weighted by Crippen LogP contribution is -2.23. The van der Waals surface area contributed by atoms with Gasteiger partial charge in [-0.3, -0.25) is 9.36 Å². The maximum atomic E-state index is 11.4. The highest BCUT2D eigenvalue weighted by molar-refractivity contribution is 8.00. The Morgan fingerprint density at radius 1 is 1.44 bits per heavy atom. The number of rotatable bonds is 7. The molecule has 0 aliphatic carbocycles. The molecule has 7 nitrogen and oxygen atoms in total. The van der Waals surface area contributed by atoms with Gasteiger partial charge >= 0.3 is 0 Å². The van der Waals surface area contributed by atoms with E-state index in [1.165, 1.54) is 11.8 Å². The molecule has 2 aromatic rings. The normalized spacial score (nSPS) is 18.2. The summed E-state index contributed by atoms with van der Waals surface area (Å²) in [6.07, 6.45) is 2.21. The second kappa shape index (κ2) is 7.88. The van der Waals surface area contributed by atoms with Gasteiger partial charge in [0.1, 0.15) is 5.75 Å². The molecule has 1 aromatic heterocycles. The molecule has 0 saturated carbocycles. The molecule has 1 amide bonds. The number of hydrogen-bond donors (Lipinski definition) is 1. The number of nitrogens with two attached hydrogens (primary N) is 1. The number of aromatic nitrogens is 3. The van der Waals surface area contributed by atoms with Gasteiger partial charge in [-0.2, -0.15) is 0 Å². The maximum absolute atomic E-state index is 11.4. The molecule has 1 aromatic carbocycles. The van der Waals surface area contributed by atoms with Crippen LogP contribution in [0.25, 0.3) is 11.4 Å². The van der Waals surface area contributed by atoms with Gasteiger partial charge in [-0.1, -0.05) is 11.8 Å². The van der Waals surface area contributed by atoms with Gasteiger partial charge in [0.05, 0.1) is 25.0 Å². The lowest BCUT2D eigenvalue weighted by molar-refractivity contribution is -0.117. The fourth-order valence-corrected chi connectivity index (χ4v) is 3.51. The summed E-state index contributed by atoms with van der Waals surface area (Å²) in [5, 5.41) is 8.92. The van der Waals surface area contributed by atoms with E-state index in [0.29, 0.717) is 11.7 Å². The largest absolute Gasteiger partial charge is 0.497 e. The Morgan fingerprint density at radius 3 is 2.80 bits per heavy atom. The summed E-state index contributed by atoms with van der Waals surface area (Å²) in [5.41, 5.74) is 6.33. The number of carbonyl (C=O) groups excluding carboxylic acids is 1. The predicted molar refractivity (Wildman–Crippen MR) is 95.5 cm³/mol. The Kier molecular flexibility index (Phi) is 5.60. The van der Waals surface area contributed by atoms with Gasteiger partial charge in [0, 0.05) is 12.2 Å². The van der Waals surface area contributed by atoms with E-state index in [9.17, 15) is 4.79 Å². The molecule has 25 heavy (non-hydrogen) atoms. The molecule has 2 atom stereocenters. The van der Waals surface area contributed by atoms with E-state index in [-0.39, 0.29) is 17.3 Å². The molecule has 0 bridgehead atoms. The van der Waals surface area contributed by atoms with Gasteiger partial charge in [0.2, 0.25) is 5.91 Å². The molecular formula is C17H22N4O3S. The fourth-order valence-electron chi connectivity index (χ4n) is 2.70. The first kappa shape index (κ1) is 17.8. The van der Waals surface area contributed by atoms with E-state index in [2.05, 4.69) is 10.2 Å². The van der Waals surface area contributed by atoms with Gasteiger partial charge in [0.15, 0.2) is 11.0 Å². The predicted octanol–water partition coefficient (Wildman–Crippen LogP) is 2.10. The standard InChI is InChI=1S/C17H22N4O3S/c1-11(15(18)22)25-17-20-19-16(12-5-7-13(23-2)8-6-12)21(17)10-14-4-3-9-24-14/h5-8,11,14H,3-4,9-10H2,1-2H3,(H2,18,22)/t11-,14+/m1/s1. The third-order valence-electron chi connectivity index (χ3n) is 4.16. The lowest BCUT2D eigenvalue weighted by Gasteiger charge is -2.15. The Balaban J connectivity index is 1.92. The van der Waals surface area contributed by atoms with E-state index in [1.807, 2.05) is 28.8 Å². The fraction of sp³-hybridized carbons (Fsp3) is 0.471. The van der Waals surface area contributed by atoms with Crippen molar-refractivity contribution in [3.8, 4) is 17.1 Å². The van der Waals surface area contributed by atoms with Crippen molar-refractivity contribution < 1.29 is 14.3 Å². The number of nitrogens with zero attached hydrogens (tertiary/aromatic N) is 3. The van der Waals surface area contributed by atoms with E-state index in [4.69, 9.17) is 15.2 Å². The number of thioether (sulfide) groups is 1. The number of carbonyl (C=O) groups is 1.